The fourth-order valence-corrected chi connectivity index (χ4v) is 3.60. The SMILES string of the molecule is C[C@@H](Cc1ccsc1)N[C@@H]1CCN(c2ncccc2F)C1. The van der Waals surface area contributed by atoms with Crippen molar-refractivity contribution in [1.29, 1.82) is 0 Å². The Kier molecular flexibility index (Phi) is 4.51. The molecule has 21 heavy (non-hydrogen) atoms. The first kappa shape index (κ1) is 14.5. The van der Waals surface area contributed by atoms with E-state index in [-0.39, 0.29) is 5.82 Å². The second-order valence-electron chi connectivity index (χ2n) is 5.64. The molecular formula is C16H20FN3S. The van der Waals surface area contributed by atoms with Gasteiger partial charge >= 0.3 is 0 Å². The standard InChI is InChI=1S/C16H20FN3S/c1-12(9-13-5-8-21-11-13)19-14-4-7-20(10-14)16-15(17)3-2-6-18-16/h2-3,5-6,8,11-12,14,19H,4,7,9-10H2,1H3/t12-,14+/m0/s1. The van der Waals surface area contributed by atoms with Crippen molar-refractivity contribution in [1.82, 2.24) is 10.3 Å². The van der Waals surface area contributed by atoms with E-state index in [2.05, 4.69) is 34.1 Å². The molecule has 5 heteroatoms. The quantitative estimate of drug-likeness (QED) is 0.920. The summed E-state index contributed by atoms with van der Waals surface area (Å²) < 4.78 is 13.8. The lowest BCUT2D eigenvalue weighted by molar-refractivity contribution is 0.466. The number of hydrogen-bond donors (Lipinski definition) is 1. The van der Waals surface area contributed by atoms with Crippen LogP contribution < -0.4 is 10.2 Å². The molecule has 1 N–H and O–H groups in total. The van der Waals surface area contributed by atoms with E-state index >= 15 is 0 Å². The minimum absolute atomic E-state index is 0.232. The molecule has 0 unspecified atom stereocenters. The number of aromatic nitrogens is 1. The molecule has 2 aromatic rings. The smallest absolute Gasteiger partial charge is 0.165 e. The molecule has 3 nitrogen and oxygen atoms in total. The topological polar surface area (TPSA) is 28.2 Å². The Labute approximate surface area is 128 Å². The van der Waals surface area contributed by atoms with E-state index in [9.17, 15) is 4.39 Å². The van der Waals surface area contributed by atoms with Crippen molar-refractivity contribution in [2.45, 2.75) is 31.8 Å². The third-order valence-corrected chi connectivity index (χ3v) is 4.60. The fraction of sp³-hybridized carbons (Fsp3) is 0.438. The zero-order valence-corrected chi connectivity index (χ0v) is 12.9. The second-order valence-corrected chi connectivity index (χ2v) is 6.42. The molecule has 0 radical (unpaired) electrons. The second kappa shape index (κ2) is 6.54. The zero-order chi connectivity index (χ0) is 14.7. The summed E-state index contributed by atoms with van der Waals surface area (Å²) in [5.41, 5.74) is 1.38. The van der Waals surface area contributed by atoms with Gasteiger partial charge in [0.2, 0.25) is 0 Å². The minimum Gasteiger partial charge on any atom is -0.353 e. The molecule has 0 aliphatic carbocycles. The highest BCUT2D eigenvalue weighted by Gasteiger charge is 2.26. The lowest BCUT2D eigenvalue weighted by atomic mass is 10.1. The maximum absolute atomic E-state index is 13.8. The molecule has 1 saturated heterocycles. The van der Waals surface area contributed by atoms with Gasteiger partial charge in [0.25, 0.3) is 0 Å². The van der Waals surface area contributed by atoms with Gasteiger partial charge < -0.3 is 10.2 Å². The van der Waals surface area contributed by atoms with E-state index in [4.69, 9.17) is 0 Å². The lowest BCUT2D eigenvalue weighted by Gasteiger charge is -2.21. The third-order valence-electron chi connectivity index (χ3n) is 3.87. The molecule has 0 aromatic carbocycles. The number of halogens is 1. The molecule has 112 valence electrons. The summed E-state index contributed by atoms with van der Waals surface area (Å²) >= 11 is 1.74. The number of thiophene rings is 1. The van der Waals surface area contributed by atoms with Gasteiger partial charge in [-0.25, -0.2) is 9.37 Å². The first-order valence-electron chi connectivity index (χ1n) is 7.35. The molecule has 0 bridgehead atoms. The summed E-state index contributed by atoms with van der Waals surface area (Å²) in [6, 6.07) is 6.11. The predicted molar refractivity (Wildman–Crippen MR) is 85.4 cm³/mol. The van der Waals surface area contributed by atoms with Crippen LogP contribution in [0.25, 0.3) is 0 Å². The van der Waals surface area contributed by atoms with E-state index in [1.54, 1.807) is 23.6 Å². The molecule has 0 amide bonds. The number of nitrogens with zero attached hydrogens (tertiary/aromatic N) is 2. The summed E-state index contributed by atoms with van der Waals surface area (Å²) in [5.74, 6) is 0.247. The van der Waals surface area contributed by atoms with Crippen molar-refractivity contribution in [2.75, 3.05) is 18.0 Å². The summed E-state index contributed by atoms with van der Waals surface area (Å²) in [6.07, 6.45) is 3.72. The van der Waals surface area contributed by atoms with E-state index in [1.165, 1.54) is 11.6 Å². The van der Waals surface area contributed by atoms with Crippen LogP contribution in [0.15, 0.2) is 35.2 Å². The van der Waals surface area contributed by atoms with Gasteiger partial charge in [-0.05, 0) is 54.3 Å². The van der Waals surface area contributed by atoms with Gasteiger partial charge in [0, 0.05) is 31.4 Å². The summed E-state index contributed by atoms with van der Waals surface area (Å²) in [4.78, 5) is 6.19. The lowest BCUT2D eigenvalue weighted by Crippen LogP contribution is -2.39. The van der Waals surface area contributed by atoms with Crippen molar-refractivity contribution in [3.63, 3.8) is 0 Å². The van der Waals surface area contributed by atoms with Crippen molar-refractivity contribution in [2.24, 2.45) is 0 Å². The first-order valence-corrected chi connectivity index (χ1v) is 8.29. The first-order chi connectivity index (χ1) is 10.2. The van der Waals surface area contributed by atoms with Gasteiger partial charge in [-0.1, -0.05) is 0 Å². The summed E-state index contributed by atoms with van der Waals surface area (Å²) in [5, 5.41) is 7.96. The van der Waals surface area contributed by atoms with Crippen LogP contribution in [0.5, 0.6) is 0 Å². The molecule has 0 spiro atoms. The Bertz CT molecular complexity index is 573. The van der Waals surface area contributed by atoms with Gasteiger partial charge in [0.1, 0.15) is 0 Å². The molecule has 3 rings (SSSR count). The third kappa shape index (κ3) is 3.60. The molecule has 1 aliphatic heterocycles. The van der Waals surface area contributed by atoms with Crippen LogP contribution in [0.1, 0.15) is 18.9 Å². The number of rotatable bonds is 5. The minimum atomic E-state index is -0.232. The van der Waals surface area contributed by atoms with E-state index in [0.717, 1.165) is 25.9 Å². The molecular weight excluding hydrogens is 285 g/mol. The van der Waals surface area contributed by atoms with Crippen LogP contribution >= 0.6 is 11.3 Å². The van der Waals surface area contributed by atoms with E-state index in [0.29, 0.717) is 17.9 Å². The van der Waals surface area contributed by atoms with Gasteiger partial charge in [0.05, 0.1) is 0 Å². The normalized spacial score (nSPS) is 19.9. The molecule has 0 saturated carbocycles. The number of nitrogens with one attached hydrogen (secondary N) is 1. The average molecular weight is 305 g/mol. The van der Waals surface area contributed by atoms with Crippen LogP contribution in [-0.4, -0.2) is 30.2 Å². The fourth-order valence-electron chi connectivity index (χ4n) is 2.92. The Morgan fingerprint density at radius 3 is 3.19 bits per heavy atom. The van der Waals surface area contributed by atoms with Gasteiger partial charge in [-0.3, -0.25) is 0 Å². The predicted octanol–water partition coefficient (Wildman–Crippen LogP) is 3.08. The van der Waals surface area contributed by atoms with E-state index in [1.807, 2.05) is 4.90 Å². The Morgan fingerprint density at radius 2 is 2.43 bits per heavy atom. The van der Waals surface area contributed by atoms with Crippen molar-refractivity contribution in [3.05, 3.63) is 46.5 Å². The molecule has 2 atom stereocenters. The molecule has 1 aliphatic rings. The highest BCUT2D eigenvalue weighted by molar-refractivity contribution is 7.07. The molecule has 1 fully saturated rings. The molecule has 3 heterocycles. The monoisotopic (exact) mass is 305 g/mol. The van der Waals surface area contributed by atoms with Crippen LogP contribution in [0.3, 0.4) is 0 Å². The van der Waals surface area contributed by atoms with Gasteiger partial charge in [-0.15, -0.1) is 0 Å². The zero-order valence-electron chi connectivity index (χ0n) is 12.1. The Morgan fingerprint density at radius 1 is 1.52 bits per heavy atom. The number of hydrogen-bond acceptors (Lipinski definition) is 4. The van der Waals surface area contributed by atoms with Gasteiger partial charge in [-0.2, -0.15) is 11.3 Å². The molecule has 2 aromatic heterocycles. The van der Waals surface area contributed by atoms with Crippen molar-refractivity contribution < 1.29 is 4.39 Å². The largest absolute Gasteiger partial charge is 0.353 e. The summed E-state index contributed by atoms with van der Waals surface area (Å²) in [7, 11) is 0. The number of anilines is 1. The maximum Gasteiger partial charge on any atom is 0.165 e. The van der Waals surface area contributed by atoms with Crippen LogP contribution in [-0.2, 0) is 6.42 Å². The van der Waals surface area contributed by atoms with E-state index < -0.39 is 0 Å². The van der Waals surface area contributed by atoms with Gasteiger partial charge in [0.15, 0.2) is 11.6 Å². The highest BCUT2D eigenvalue weighted by Crippen LogP contribution is 2.21. The van der Waals surface area contributed by atoms with Crippen molar-refractivity contribution >= 4 is 17.2 Å². The van der Waals surface area contributed by atoms with Crippen LogP contribution in [0.4, 0.5) is 10.2 Å². The van der Waals surface area contributed by atoms with Crippen LogP contribution in [0, 0.1) is 5.82 Å². The van der Waals surface area contributed by atoms with Crippen LogP contribution in [0.2, 0.25) is 0 Å². The maximum atomic E-state index is 13.8. The van der Waals surface area contributed by atoms with Crippen molar-refractivity contribution in [3.8, 4) is 0 Å². The highest BCUT2D eigenvalue weighted by atomic mass is 32.1. The Balaban J connectivity index is 1.54. The summed E-state index contributed by atoms with van der Waals surface area (Å²) in [6.45, 7) is 3.89. The number of pyridine rings is 1. The average Bonchev–Trinajstić information content (AvgIpc) is 3.11. The Hall–Kier alpha value is -1.46.